The van der Waals surface area contributed by atoms with E-state index in [9.17, 15) is 0 Å². The quantitative estimate of drug-likeness (QED) is 0.564. The summed E-state index contributed by atoms with van der Waals surface area (Å²) in [6.07, 6.45) is 0. The van der Waals surface area contributed by atoms with Crippen LogP contribution >= 0.6 is 43.5 Å². The van der Waals surface area contributed by atoms with Crippen LogP contribution in [0.25, 0.3) is 22.4 Å². The highest BCUT2D eigenvalue weighted by Gasteiger charge is 2.18. The Bertz CT molecular complexity index is 780. The average Bonchev–Trinajstić information content (AvgIpc) is 2.80. The number of hydrogen-bond acceptors (Lipinski definition) is 3. The first-order chi connectivity index (χ1) is 10.0. The summed E-state index contributed by atoms with van der Waals surface area (Å²) < 4.78 is 7.06. The molecule has 3 nitrogen and oxygen atoms in total. The molecule has 0 fully saturated rings. The topological polar surface area (TPSA) is 52.0 Å². The highest BCUT2D eigenvalue weighted by Crippen LogP contribution is 2.38. The zero-order chi connectivity index (χ0) is 15.0. The van der Waals surface area contributed by atoms with Crippen LogP contribution in [0.15, 0.2) is 55.9 Å². The van der Waals surface area contributed by atoms with Gasteiger partial charge in [-0.2, -0.15) is 0 Å². The van der Waals surface area contributed by atoms with E-state index in [1.54, 1.807) is 0 Å². The fourth-order valence-electron chi connectivity index (χ4n) is 2.09. The third-order valence-corrected chi connectivity index (χ3v) is 4.16. The number of nitrogen functional groups attached to an aromatic ring is 1. The Kier molecular flexibility index (Phi) is 4.06. The number of nitrogens with two attached hydrogens (primary N) is 1. The molecule has 2 aromatic carbocycles. The Morgan fingerprint density at radius 2 is 1.57 bits per heavy atom. The molecule has 3 rings (SSSR count). The van der Waals surface area contributed by atoms with Crippen molar-refractivity contribution in [1.82, 2.24) is 5.16 Å². The van der Waals surface area contributed by atoms with Crippen LogP contribution in [0.2, 0.25) is 5.02 Å². The lowest BCUT2D eigenvalue weighted by molar-refractivity contribution is 0.439. The first-order valence-electron chi connectivity index (χ1n) is 6.02. The summed E-state index contributed by atoms with van der Waals surface area (Å²) in [5.41, 5.74) is 9.20. The smallest absolute Gasteiger partial charge is 0.230 e. The van der Waals surface area contributed by atoms with E-state index in [0.717, 1.165) is 25.6 Å². The summed E-state index contributed by atoms with van der Waals surface area (Å²) in [7, 11) is 0. The Balaban J connectivity index is 2.19. The largest absolute Gasteiger partial charge is 0.367 e. The molecule has 1 aromatic heterocycles. The molecular weight excluding hydrogens is 419 g/mol. The summed E-state index contributed by atoms with van der Waals surface area (Å²) in [6, 6.07) is 13.3. The maximum absolute atomic E-state index is 5.94. The van der Waals surface area contributed by atoms with Crippen LogP contribution in [0, 0.1) is 0 Å². The van der Waals surface area contributed by atoms with E-state index in [1.165, 1.54) is 0 Å². The van der Waals surface area contributed by atoms with Gasteiger partial charge >= 0.3 is 0 Å². The van der Waals surface area contributed by atoms with Crippen molar-refractivity contribution in [2.24, 2.45) is 0 Å². The van der Waals surface area contributed by atoms with Crippen molar-refractivity contribution in [2.45, 2.75) is 0 Å². The van der Waals surface area contributed by atoms with Gasteiger partial charge in [0.1, 0.15) is 5.69 Å². The van der Waals surface area contributed by atoms with Gasteiger partial charge in [0.15, 0.2) is 0 Å². The number of halogens is 3. The number of aromatic nitrogens is 1. The van der Waals surface area contributed by atoms with Crippen LogP contribution in [0.5, 0.6) is 0 Å². The molecule has 0 unspecified atom stereocenters. The van der Waals surface area contributed by atoms with Crippen molar-refractivity contribution in [3.63, 3.8) is 0 Å². The van der Waals surface area contributed by atoms with Crippen molar-refractivity contribution >= 4 is 49.3 Å². The average molecular weight is 429 g/mol. The number of rotatable bonds is 2. The van der Waals surface area contributed by atoms with Gasteiger partial charge in [0.05, 0.1) is 5.56 Å². The number of anilines is 1. The second-order valence-electron chi connectivity index (χ2n) is 4.44. The summed E-state index contributed by atoms with van der Waals surface area (Å²) in [5, 5.41) is 4.76. The van der Waals surface area contributed by atoms with Crippen molar-refractivity contribution in [1.29, 1.82) is 0 Å². The molecule has 0 saturated heterocycles. The molecule has 0 radical (unpaired) electrons. The SMILES string of the molecule is Nc1onc(-c2cc(Br)cc(Br)c2)c1-c1ccc(Cl)cc1. The fraction of sp³-hybridized carbons (Fsp3) is 0. The van der Waals surface area contributed by atoms with Gasteiger partial charge in [-0.25, -0.2) is 0 Å². The summed E-state index contributed by atoms with van der Waals surface area (Å²) >= 11 is 12.9. The van der Waals surface area contributed by atoms with Crippen molar-refractivity contribution in [3.8, 4) is 22.4 Å². The molecule has 1 heterocycles. The molecule has 0 aliphatic heterocycles. The minimum Gasteiger partial charge on any atom is -0.367 e. The van der Waals surface area contributed by atoms with Gasteiger partial charge in [-0.3, -0.25) is 0 Å². The van der Waals surface area contributed by atoms with E-state index in [-0.39, 0.29) is 5.88 Å². The van der Waals surface area contributed by atoms with Crippen molar-refractivity contribution in [2.75, 3.05) is 5.73 Å². The molecule has 0 amide bonds. The molecule has 0 aliphatic carbocycles. The summed E-state index contributed by atoms with van der Waals surface area (Å²) in [6.45, 7) is 0. The maximum atomic E-state index is 5.94. The maximum Gasteiger partial charge on any atom is 0.230 e. The minimum absolute atomic E-state index is 0.281. The highest BCUT2D eigenvalue weighted by atomic mass is 79.9. The predicted octanol–water partition coefficient (Wildman–Crippen LogP) is 5.77. The van der Waals surface area contributed by atoms with Crippen LogP contribution in [-0.2, 0) is 0 Å². The molecule has 106 valence electrons. The van der Waals surface area contributed by atoms with Gasteiger partial charge in [-0.1, -0.05) is 60.8 Å². The Morgan fingerprint density at radius 1 is 0.952 bits per heavy atom. The summed E-state index contributed by atoms with van der Waals surface area (Å²) in [5.74, 6) is 0.281. The van der Waals surface area contributed by atoms with Crippen LogP contribution < -0.4 is 5.73 Å². The monoisotopic (exact) mass is 426 g/mol. The van der Waals surface area contributed by atoms with E-state index in [0.29, 0.717) is 10.7 Å². The second kappa shape index (κ2) is 5.83. The lowest BCUT2D eigenvalue weighted by Gasteiger charge is -2.04. The molecule has 0 spiro atoms. The first kappa shape index (κ1) is 14.6. The zero-order valence-corrected chi connectivity index (χ0v) is 14.5. The molecule has 0 saturated carbocycles. The van der Waals surface area contributed by atoms with Gasteiger partial charge in [-0.05, 0) is 35.9 Å². The molecule has 6 heteroatoms. The molecule has 3 aromatic rings. The Morgan fingerprint density at radius 3 is 2.19 bits per heavy atom. The molecule has 0 aliphatic rings. The van der Waals surface area contributed by atoms with Gasteiger partial charge < -0.3 is 10.3 Å². The number of hydrogen-bond donors (Lipinski definition) is 1. The molecule has 0 atom stereocenters. The molecule has 2 N–H and O–H groups in total. The van der Waals surface area contributed by atoms with E-state index < -0.39 is 0 Å². The zero-order valence-electron chi connectivity index (χ0n) is 10.6. The van der Waals surface area contributed by atoms with Crippen LogP contribution in [0.4, 0.5) is 5.88 Å². The van der Waals surface area contributed by atoms with E-state index >= 15 is 0 Å². The third-order valence-electron chi connectivity index (χ3n) is 2.99. The van der Waals surface area contributed by atoms with Crippen molar-refractivity contribution < 1.29 is 4.52 Å². The van der Waals surface area contributed by atoms with E-state index in [4.69, 9.17) is 21.9 Å². The van der Waals surface area contributed by atoms with E-state index in [1.807, 2.05) is 42.5 Å². The van der Waals surface area contributed by atoms with Crippen molar-refractivity contribution in [3.05, 3.63) is 56.4 Å². The predicted molar refractivity (Wildman–Crippen MR) is 92.2 cm³/mol. The molecule has 0 bridgehead atoms. The second-order valence-corrected chi connectivity index (χ2v) is 6.70. The minimum atomic E-state index is 0.281. The number of nitrogens with zero attached hydrogens (tertiary/aromatic N) is 1. The van der Waals surface area contributed by atoms with Crippen LogP contribution in [0.3, 0.4) is 0 Å². The normalized spacial score (nSPS) is 10.8. The highest BCUT2D eigenvalue weighted by molar-refractivity contribution is 9.11. The van der Waals surface area contributed by atoms with Crippen LogP contribution in [0.1, 0.15) is 0 Å². The van der Waals surface area contributed by atoms with Gasteiger partial charge in [0, 0.05) is 19.5 Å². The standard InChI is InChI=1S/C15H9Br2ClN2O/c16-10-5-9(6-11(17)7-10)14-13(15(19)21-20-14)8-1-3-12(18)4-2-8/h1-7H,19H2. The Labute approximate surface area is 143 Å². The van der Waals surface area contributed by atoms with Gasteiger partial charge in [0.2, 0.25) is 5.88 Å². The fourth-order valence-corrected chi connectivity index (χ4v) is 3.51. The lowest BCUT2D eigenvalue weighted by atomic mass is 10.0. The molecular formula is C15H9Br2ClN2O. The van der Waals surface area contributed by atoms with Gasteiger partial charge in [0.25, 0.3) is 0 Å². The van der Waals surface area contributed by atoms with Crippen LogP contribution in [-0.4, -0.2) is 5.16 Å². The lowest BCUT2D eigenvalue weighted by Crippen LogP contribution is -1.88. The Hall–Kier alpha value is -1.30. The van der Waals surface area contributed by atoms with Gasteiger partial charge in [-0.15, -0.1) is 0 Å². The molecule has 21 heavy (non-hydrogen) atoms. The third kappa shape index (κ3) is 3.00. The van der Waals surface area contributed by atoms with E-state index in [2.05, 4.69) is 37.0 Å². The summed E-state index contributed by atoms with van der Waals surface area (Å²) in [4.78, 5) is 0. The number of benzene rings is 2. The first-order valence-corrected chi connectivity index (χ1v) is 7.98.